The third-order valence-electron chi connectivity index (χ3n) is 3.96. The van der Waals surface area contributed by atoms with Crippen molar-refractivity contribution in [1.29, 1.82) is 0 Å². The molecule has 0 bridgehead atoms. The van der Waals surface area contributed by atoms with Crippen LogP contribution in [0.4, 0.5) is 8.78 Å². The van der Waals surface area contributed by atoms with E-state index in [-0.39, 0.29) is 30.1 Å². The molecule has 1 aliphatic carbocycles. The van der Waals surface area contributed by atoms with Crippen LogP contribution in [0.2, 0.25) is 0 Å². The topological polar surface area (TPSA) is 89.3 Å². The Morgan fingerprint density at radius 3 is 2.65 bits per heavy atom. The Morgan fingerprint density at radius 1 is 1.30 bits per heavy atom. The van der Waals surface area contributed by atoms with Crippen LogP contribution in [-0.2, 0) is 20.8 Å². The average molecular weight is 324 g/mol. The maximum Gasteiger partial charge on any atom is 0.240 e. The number of hydrogen-bond donors (Lipinski definition) is 2. The minimum absolute atomic E-state index is 0.0438. The molecule has 1 aliphatic rings. The molecule has 1 aromatic rings. The van der Waals surface area contributed by atoms with Gasteiger partial charge in [0.1, 0.15) is 11.8 Å². The summed E-state index contributed by atoms with van der Waals surface area (Å²) in [6.45, 7) is 0. The molecule has 0 spiro atoms. The fourth-order valence-electron chi connectivity index (χ4n) is 2.82. The van der Waals surface area contributed by atoms with Crippen LogP contribution in [0, 0.1) is 17.6 Å². The lowest BCUT2D eigenvalue weighted by Crippen LogP contribution is -2.50. The van der Waals surface area contributed by atoms with Crippen LogP contribution in [0.15, 0.2) is 18.2 Å². The summed E-state index contributed by atoms with van der Waals surface area (Å²) in [4.78, 5) is 35.1. The van der Waals surface area contributed by atoms with E-state index in [1.807, 2.05) is 0 Å². The number of hydrogen-bond acceptors (Lipinski definition) is 3. The van der Waals surface area contributed by atoms with Gasteiger partial charge in [-0.25, -0.2) is 8.78 Å². The zero-order valence-electron chi connectivity index (χ0n) is 12.5. The van der Waals surface area contributed by atoms with Crippen molar-refractivity contribution in [1.82, 2.24) is 5.32 Å². The van der Waals surface area contributed by atoms with E-state index in [0.29, 0.717) is 19.3 Å². The van der Waals surface area contributed by atoms with Gasteiger partial charge in [-0.3, -0.25) is 14.4 Å². The van der Waals surface area contributed by atoms with Gasteiger partial charge in [-0.2, -0.15) is 0 Å². The van der Waals surface area contributed by atoms with E-state index in [4.69, 9.17) is 5.73 Å². The molecule has 0 saturated heterocycles. The molecule has 0 aromatic heterocycles. The van der Waals surface area contributed by atoms with Crippen molar-refractivity contribution in [2.75, 3.05) is 0 Å². The van der Waals surface area contributed by atoms with Crippen molar-refractivity contribution in [3.63, 3.8) is 0 Å². The summed E-state index contributed by atoms with van der Waals surface area (Å²) >= 11 is 0. The second-order valence-corrected chi connectivity index (χ2v) is 5.77. The van der Waals surface area contributed by atoms with Gasteiger partial charge < -0.3 is 11.1 Å². The fraction of sp³-hybridized carbons (Fsp3) is 0.438. The van der Waals surface area contributed by atoms with Crippen molar-refractivity contribution in [3.8, 4) is 0 Å². The number of amides is 2. The number of Topliss-reactive ketones (excluding diaryl/α,β-unsaturated/α-hetero) is 1. The van der Waals surface area contributed by atoms with Crippen LogP contribution in [-0.4, -0.2) is 23.6 Å². The third kappa shape index (κ3) is 4.58. The molecule has 124 valence electrons. The number of carbonyl (C=O) groups excluding carboxylic acids is 3. The number of halogens is 2. The van der Waals surface area contributed by atoms with Gasteiger partial charge in [-0.05, 0) is 36.5 Å². The first-order valence-corrected chi connectivity index (χ1v) is 7.41. The molecule has 1 saturated carbocycles. The molecule has 2 atom stereocenters. The standard InChI is InChI=1S/C16H18F2N2O3/c17-12-5-4-9(6-13(12)18)7-14(22)20-15(16(19)23)10-2-1-3-11(21)8-10/h4-6,10,15H,1-3,7-8H2,(H2,19,23)(H,20,22)/t10-,15-/m0/s1. The predicted octanol–water partition coefficient (Wildman–Crippen LogP) is 1.24. The highest BCUT2D eigenvalue weighted by Crippen LogP contribution is 2.24. The number of nitrogens with one attached hydrogen (secondary N) is 1. The predicted molar refractivity (Wildman–Crippen MR) is 78.2 cm³/mol. The Labute approximate surface area is 132 Å². The fourth-order valence-corrected chi connectivity index (χ4v) is 2.82. The van der Waals surface area contributed by atoms with Crippen molar-refractivity contribution in [2.45, 2.75) is 38.1 Å². The summed E-state index contributed by atoms with van der Waals surface area (Å²) < 4.78 is 26.0. The molecule has 2 amide bonds. The van der Waals surface area contributed by atoms with E-state index in [9.17, 15) is 23.2 Å². The van der Waals surface area contributed by atoms with Gasteiger partial charge in [-0.1, -0.05) is 6.07 Å². The van der Waals surface area contributed by atoms with Crippen LogP contribution < -0.4 is 11.1 Å². The van der Waals surface area contributed by atoms with E-state index in [2.05, 4.69) is 5.32 Å². The summed E-state index contributed by atoms with van der Waals surface area (Å²) in [5, 5.41) is 2.51. The highest BCUT2D eigenvalue weighted by molar-refractivity contribution is 5.89. The van der Waals surface area contributed by atoms with E-state index in [0.717, 1.165) is 12.1 Å². The zero-order chi connectivity index (χ0) is 17.0. The van der Waals surface area contributed by atoms with Gasteiger partial charge in [0, 0.05) is 12.8 Å². The summed E-state index contributed by atoms with van der Waals surface area (Å²) in [6.07, 6.45) is 1.77. The summed E-state index contributed by atoms with van der Waals surface area (Å²) in [5.74, 6) is -3.55. The highest BCUT2D eigenvalue weighted by atomic mass is 19.2. The van der Waals surface area contributed by atoms with E-state index < -0.39 is 29.5 Å². The number of primary amides is 1. The van der Waals surface area contributed by atoms with Gasteiger partial charge in [0.05, 0.1) is 6.42 Å². The summed E-state index contributed by atoms with van der Waals surface area (Å²) in [6, 6.07) is 2.22. The molecule has 3 N–H and O–H groups in total. The molecular formula is C16H18F2N2O3. The molecule has 5 nitrogen and oxygen atoms in total. The van der Waals surface area contributed by atoms with Crippen LogP contribution in [0.25, 0.3) is 0 Å². The van der Waals surface area contributed by atoms with Crippen molar-refractivity contribution in [3.05, 3.63) is 35.4 Å². The molecule has 1 aromatic carbocycles. The van der Waals surface area contributed by atoms with E-state index in [1.165, 1.54) is 6.07 Å². The monoisotopic (exact) mass is 324 g/mol. The molecule has 0 aliphatic heterocycles. The number of ketones is 1. The van der Waals surface area contributed by atoms with Gasteiger partial charge >= 0.3 is 0 Å². The number of rotatable bonds is 5. The van der Waals surface area contributed by atoms with Crippen LogP contribution in [0.3, 0.4) is 0 Å². The SMILES string of the molecule is NC(=O)[C@@H](NC(=O)Cc1ccc(F)c(F)c1)[C@H]1CCCC(=O)C1. The van der Waals surface area contributed by atoms with Crippen molar-refractivity contribution < 1.29 is 23.2 Å². The average Bonchev–Trinajstić information content (AvgIpc) is 2.48. The van der Waals surface area contributed by atoms with Crippen LogP contribution in [0.5, 0.6) is 0 Å². The zero-order valence-corrected chi connectivity index (χ0v) is 12.5. The summed E-state index contributed by atoms with van der Waals surface area (Å²) in [5.41, 5.74) is 5.61. The van der Waals surface area contributed by atoms with E-state index >= 15 is 0 Å². The van der Waals surface area contributed by atoms with Gasteiger partial charge in [-0.15, -0.1) is 0 Å². The minimum atomic E-state index is -1.04. The Kier molecular flexibility index (Phi) is 5.41. The van der Waals surface area contributed by atoms with Crippen molar-refractivity contribution >= 4 is 17.6 Å². The highest BCUT2D eigenvalue weighted by Gasteiger charge is 2.32. The lowest BCUT2D eigenvalue weighted by atomic mass is 9.83. The normalized spacial score (nSPS) is 19.2. The molecule has 1 fully saturated rings. The molecule has 23 heavy (non-hydrogen) atoms. The van der Waals surface area contributed by atoms with Crippen LogP contribution >= 0.6 is 0 Å². The Balaban J connectivity index is 2.01. The quantitative estimate of drug-likeness (QED) is 0.854. The Bertz CT molecular complexity index is 634. The lowest BCUT2D eigenvalue weighted by molar-refractivity contribution is -0.130. The smallest absolute Gasteiger partial charge is 0.240 e. The number of nitrogens with two attached hydrogens (primary N) is 1. The van der Waals surface area contributed by atoms with Gasteiger partial charge in [0.25, 0.3) is 0 Å². The molecule has 2 rings (SSSR count). The maximum atomic E-state index is 13.1. The van der Waals surface area contributed by atoms with Gasteiger partial charge in [0.2, 0.25) is 11.8 Å². The minimum Gasteiger partial charge on any atom is -0.368 e. The summed E-state index contributed by atoms with van der Waals surface area (Å²) in [7, 11) is 0. The molecule has 0 radical (unpaired) electrons. The molecule has 0 heterocycles. The first-order chi connectivity index (χ1) is 10.9. The second-order valence-electron chi connectivity index (χ2n) is 5.77. The Hall–Kier alpha value is -2.31. The van der Waals surface area contributed by atoms with Crippen LogP contribution in [0.1, 0.15) is 31.2 Å². The van der Waals surface area contributed by atoms with Crippen molar-refractivity contribution in [2.24, 2.45) is 11.7 Å². The third-order valence-corrected chi connectivity index (χ3v) is 3.96. The first-order valence-electron chi connectivity index (χ1n) is 7.41. The second kappa shape index (κ2) is 7.30. The molecule has 0 unspecified atom stereocenters. The molecule has 7 heteroatoms. The largest absolute Gasteiger partial charge is 0.368 e. The van der Waals surface area contributed by atoms with E-state index in [1.54, 1.807) is 0 Å². The van der Waals surface area contributed by atoms with Gasteiger partial charge in [0.15, 0.2) is 11.6 Å². The number of benzene rings is 1. The number of carbonyl (C=O) groups is 3. The first kappa shape index (κ1) is 17.1. The Morgan fingerprint density at radius 2 is 2.04 bits per heavy atom. The lowest BCUT2D eigenvalue weighted by Gasteiger charge is -2.28. The maximum absolute atomic E-state index is 13.1. The molecular weight excluding hydrogens is 306 g/mol.